The molecule has 2 amide bonds. The van der Waals surface area contributed by atoms with Crippen molar-refractivity contribution in [3.63, 3.8) is 0 Å². The van der Waals surface area contributed by atoms with Crippen LogP contribution in [0.2, 0.25) is 20.1 Å². The molecule has 2 N–H and O–H groups in total. The summed E-state index contributed by atoms with van der Waals surface area (Å²) in [5, 5.41) is 9.50. The lowest BCUT2D eigenvalue weighted by Gasteiger charge is -2.20. The first-order chi connectivity index (χ1) is 18.1. The van der Waals surface area contributed by atoms with Gasteiger partial charge in [-0.05, 0) is 47.9 Å². The second-order valence-corrected chi connectivity index (χ2v) is 10.7. The highest BCUT2D eigenvalue weighted by molar-refractivity contribution is 6.42. The zero-order valence-electron chi connectivity index (χ0n) is 20.5. The van der Waals surface area contributed by atoms with Crippen LogP contribution in [-0.4, -0.2) is 28.6 Å². The number of halogens is 4. The fourth-order valence-electron chi connectivity index (χ4n) is 4.01. The number of amides is 2. The first-order valence-corrected chi connectivity index (χ1v) is 13.3. The van der Waals surface area contributed by atoms with Gasteiger partial charge in [0.05, 0.1) is 26.8 Å². The standard InChI is InChI=1S/C28H24Cl4N4O2/c1-16(2)26(34-27(37)21-9-8-19(29)12-23(21)31)28(38)35-33-13-18-15-36(25-6-4-3-5-20(18)25)14-17-7-10-22(30)24(32)11-17/h3-13,15-16,26H,14H2,1-2H3,(H,34,37)(H,35,38). The van der Waals surface area contributed by atoms with Crippen LogP contribution in [-0.2, 0) is 11.3 Å². The molecule has 3 aromatic carbocycles. The minimum Gasteiger partial charge on any atom is -0.342 e. The Balaban J connectivity index is 1.49. The lowest BCUT2D eigenvalue weighted by atomic mass is 10.0. The van der Waals surface area contributed by atoms with Crippen molar-refractivity contribution in [3.8, 4) is 0 Å². The maximum atomic E-state index is 12.9. The van der Waals surface area contributed by atoms with Crippen molar-refractivity contribution in [2.45, 2.75) is 26.4 Å². The van der Waals surface area contributed by atoms with E-state index >= 15 is 0 Å². The van der Waals surface area contributed by atoms with Crippen LogP contribution in [0.5, 0.6) is 0 Å². The van der Waals surface area contributed by atoms with Crippen molar-refractivity contribution in [1.82, 2.24) is 15.3 Å². The maximum absolute atomic E-state index is 12.9. The molecule has 0 bridgehead atoms. The number of rotatable bonds is 8. The van der Waals surface area contributed by atoms with Gasteiger partial charge in [0, 0.05) is 34.2 Å². The van der Waals surface area contributed by atoms with Crippen molar-refractivity contribution < 1.29 is 9.59 Å². The average molecular weight is 590 g/mol. The highest BCUT2D eigenvalue weighted by Crippen LogP contribution is 2.26. The number of carbonyl (C=O) groups is 2. The molecule has 0 aliphatic rings. The summed E-state index contributed by atoms with van der Waals surface area (Å²) in [6.07, 6.45) is 3.54. The van der Waals surface area contributed by atoms with Gasteiger partial charge in [-0.25, -0.2) is 5.43 Å². The van der Waals surface area contributed by atoms with E-state index in [1.165, 1.54) is 12.1 Å². The number of hydrogen-bond donors (Lipinski definition) is 2. The third-order valence-electron chi connectivity index (χ3n) is 5.95. The molecule has 10 heteroatoms. The fourth-order valence-corrected chi connectivity index (χ4v) is 4.82. The Kier molecular flexibility index (Phi) is 9.00. The molecule has 1 heterocycles. The molecular formula is C28H24Cl4N4O2. The molecule has 0 saturated carbocycles. The minimum absolute atomic E-state index is 0.201. The molecule has 0 aliphatic heterocycles. The van der Waals surface area contributed by atoms with Gasteiger partial charge in [-0.3, -0.25) is 9.59 Å². The quantitative estimate of drug-likeness (QED) is 0.168. The molecule has 0 fully saturated rings. The Morgan fingerprint density at radius 1 is 0.947 bits per heavy atom. The molecule has 1 atom stereocenters. The molecule has 196 valence electrons. The minimum atomic E-state index is -0.831. The summed E-state index contributed by atoms with van der Waals surface area (Å²) < 4.78 is 2.07. The van der Waals surface area contributed by atoms with E-state index < -0.39 is 17.9 Å². The van der Waals surface area contributed by atoms with Crippen molar-refractivity contribution in [3.05, 3.63) is 104 Å². The average Bonchev–Trinajstić information content (AvgIpc) is 3.21. The van der Waals surface area contributed by atoms with E-state index in [9.17, 15) is 9.59 Å². The van der Waals surface area contributed by atoms with Crippen molar-refractivity contribution in [1.29, 1.82) is 0 Å². The highest BCUT2D eigenvalue weighted by Gasteiger charge is 2.25. The van der Waals surface area contributed by atoms with Gasteiger partial charge in [0.1, 0.15) is 6.04 Å². The predicted octanol–water partition coefficient (Wildman–Crippen LogP) is 7.21. The van der Waals surface area contributed by atoms with E-state index in [4.69, 9.17) is 46.4 Å². The Labute approximate surface area is 240 Å². The van der Waals surface area contributed by atoms with E-state index in [1.54, 1.807) is 18.3 Å². The Morgan fingerprint density at radius 2 is 1.71 bits per heavy atom. The molecular weight excluding hydrogens is 566 g/mol. The Hall–Kier alpha value is -3.03. The van der Waals surface area contributed by atoms with Gasteiger partial charge in [0.15, 0.2) is 0 Å². The summed E-state index contributed by atoms with van der Waals surface area (Å²) in [5.74, 6) is -1.13. The lowest BCUT2D eigenvalue weighted by molar-refractivity contribution is -0.123. The number of hydrazone groups is 1. The summed E-state index contributed by atoms with van der Waals surface area (Å²) in [7, 11) is 0. The summed E-state index contributed by atoms with van der Waals surface area (Å²) >= 11 is 24.3. The molecule has 6 nitrogen and oxygen atoms in total. The van der Waals surface area contributed by atoms with Crippen LogP contribution >= 0.6 is 46.4 Å². The molecule has 1 aromatic heterocycles. The third-order valence-corrected chi connectivity index (χ3v) is 7.23. The first kappa shape index (κ1) is 28.0. The van der Waals surface area contributed by atoms with Crippen LogP contribution in [0.4, 0.5) is 0 Å². The van der Waals surface area contributed by atoms with Crippen molar-refractivity contribution in [2.24, 2.45) is 11.0 Å². The second kappa shape index (κ2) is 12.2. The molecule has 0 aliphatic carbocycles. The van der Waals surface area contributed by atoms with E-state index in [-0.39, 0.29) is 16.5 Å². The Morgan fingerprint density at radius 3 is 2.42 bits per heavy atom. The smallest absolute Gasteiger partial charge is 0.262 e. The van der Waals surface area contributed by atoms with Crippen LogP contribution in [0.25, 0.3) is 10.9 Å². The number of fused-ring (bicyclic) bond motifs is 1. The van der Waals surface area contributed by atoms with Gasteiger partial charge < -0.3 is 9.88 Å². The number of para-hydroxylation sites is 1. The van der Waals surface area contributed by atoms with Crippen molar-refractivity contribution >= 4 is 75.3 Å². The predicted molar refractivity (Wildman–Crippen MR) is 156 cm³/mol. The summed E-state index contributed by atoms with van der Waals surface area (Å²) in [4.78, 5) is 25.7. The number of aromatic nitrogens is 1. The normalized spacial score (nSPS) is 12.3. The van der Waals surface area contributed by atoms with Gasteiger partial charge in [-0.1, -0.05) is 84.5 Å². The van der Waals surface area contributed by atoms with Gasteiger partial charge in [-0.15, -0.1) is 0 Å². The number of benzene rings is 3. The number of carbonyl (C=O) groups excluding carboxylic acids is 2. The van der Waals surface area contributed by atoms with Gasteiger partial charge in [0.25, 0.3) is 11.8 Å². The monoisotopic (exact) mass is 588 g/mol. The van der Waals surface area contributed by atoms with Crippen molar-refractivity contribution in [2.75, 3.05) is 0 Å². The molecule has 0 radical (unpaired) electrons. The Bertz CT molecular complexity index is 1530. The van der Waals surface area contributed by atoms with Gasteiger partial charge in [-0.2, -0.15) is 5.10 Å². The molecule has 1 unspecified atom stereocenters. The number of hydrogen-bond acceptors (Lipinski definition) is 3. The summed E-state index contributed by atoms with van der Waals surface area (Å²) in [6, 6.07) is 17.1. The SMILES string of the molecule is CC(C)C(NC(=O)c1ccc(Cl)cc1Cl)C(=O)NN=Cc1cn(Cc2ccc(Cl)c(Cl)c2)c2ccccc12. The van der Waals surface area contributed by atoms with Crippen LogP contribution in [0, 0.1) is 5.92 Å². The van der Waals surface area contributed by atoms with Crippen LogP contribution in [0.1, 0.15) is 35.3 Å². The molecule has 4 rings (SSSR count). The van der Waals surface area contributed by atoms with E-state index in [0.29, 0.717) is 21.6 Å². The van der Waals surface area contributed by atoms with Crippen LogP contribution < -0.4 is 10.7 Å². The molecule has 0 saturated heterocycles. The van der Waals surface area contributed by atoms with E-state index in [0.717, 1.165) is 22.0 Å². The lowest BCUT2D eigenvalue weighted by Crippen LogP contribution is -2.48. The summed E-state index contributed by atoms with van der Waals surface area (Å²) in [5.41, 5.74) is 5.59. The molecule has 4 aromatic rings. The van der Waals surface area contributed by atoms with Crippen LogP contribution in [0.3, 0.4) is 0 Å². The maximum Gasteiger partial charge on any atom is 0.262 e. The van der Waals surface area contributed by atoms with E-state index in [1.807, 2.05) is 56.4 Å². The zero-order valence-corrected chi connectivity index (χ0v) is 23.5. The number of nitrogens with zero attached hydrogens (tertiary/aromatic N) is 2. The zero-order chi connectivity index (χ0) is 27.4. The largest absolute Gasteiger partial charge is 0.342 e. The highest BCUT2D eigenvalue weighted by atomic mass is 35.5. The molecule has 38 heavy (non-hydrogen) atoms. The topological polar surface area (TPSA) is 75.5 Å². The number of nitrogens with one attached hydrogen (secondary N) is 2. The summed E-state index contributed by atoms with van der Waals surface area (Å²) in [6.45, 7) is 4.23. The van der Waals surface area contributed by atoms with Gasteiger partial charge in [0.2, 0.25) is 0 Å². The molecule has 0 spiro atoms. The third kappa shape index (κ3) is 6.51. The van der Waals surface area contributed by atoms with Crippen LogP contribution in [0.15, 0.2) is 72.0 Å². The van der Waals surface area contributed by atoms with E-state index in [2.05, 4.69) is 20.4 Å². The van der Waals surface area contributed by atoms with Gasteiger partial charge >= 0.3 is 0 Å². The second-order valence-electron chi connectivity index (χ2n) is 9.03. The first-order valence-electron chi connectivity index (χ1n) is 11.7. The fraction of sp³-hybridized carbons (Fsp3) is 0.179.